The molecule has 3 heterocycles. The minimum Gasteiger partial charge on any atom is -0.507 e. The molecule has 2 aromatic rings. The van der Waals surface area contributed by atoms with Gasteiger partial charge in [-0.25, -0.2) is 0 Å². The summed E-state index contributed by atoms with van der Waals surface area (Å²) in [6.45, 7) is 8.49. The van der Waals surface area contributed by atoms with E-state index in [1.807, 2.05) is 26.0 Å². The number of Topliss-reactive ketones (excluding diaryl/α,β-unsaturated/α-hetero) is 1. The molecule has 0 spiro atoms. The fourth-order valence-corrected chi connectivity index (χ4v) is 4.28. The molecular weight excluding hydrogens is 396 g/mol. The van der Waals surface area contributed by atoms with E-state index in [0.29, 0.717) is 23.6 Å². The van der Waals surface area contributed by atoms with Crippen LogP contribution in [0.1, 0.15) is 35.1 Å². The highest BCUT2D eigenvalue weighted by Crippen LogP contribution is 2.40. The number of rotatable bonds is 6. The molecule has 0 radical (unpaired) electrons. The Bertz CT molecular complexity index is 986. The van der Waals surface area contributed by atoms with Crippen molar-refractivity contribution < 1.29 is 28.7 Å². The van der Waals surface area contributed by atoms with Gasteiger partial charge in [-0.15, -0.1) is 0 Å². The van der Waals surface area contributed by atoms with Crippen molar-refractivity contribution in [2.24, 2.45) is 0 Å². The summed E-state index contributed by atoms with van der Waals surface area (Å²) >= 11 is 0. The minimum atomic E-state index is -0.727. The van der Waals surface area contributed by atoms with Gasteiger partial charge in [-0.1, -0.05) is 29.8 Å². The highest BCUT2D eigenvalue weighted by molar-refractivity contribution is 6.46. The maximum Gasteiger partial charge on any atom is 0.295 e. The number of carbonyl (C=O) groups is 2. The van der Waals surface area contributed by atoms with Gasteiger partial charge in [0.1, 0.15) is 36.4 Å². The van der Waals surface area contributed by atoms with E-state index in [1.165, 1.54) is 4.90 Å². The number of nitrogens with one attached hydrogen (secondary N) is 1. The average molecular weight is 426 g/mol. The number of carbonyl (C=O) groups excluding carboxylic acids is 2. The van der Waals surface area contributed by atoms with Gasteiger partial charge in [0.25, 0.3) is 11.7 Å². The number of hydrogen-bond donors (Lipinski definition) is 2. The lowest BCUT2D eigenvalue weighted by atomic mass is 9.99. The summed E-state index contributed by atoms with van der Waals surface area (Å²) in [4.78, 5) is 28.9. The zero-order chi connectivity index (χ0) is 22.0. The maximum atomic E-state index is 13.0. The van der Waals surface area contributed by atoms with Crippen LogP contribution in [0.3, 0.4) is 0 Å². The Balaban J connectivity index is 1.64. The summed E-state index contributed by atoms with van der Waals surface area (Å²) in [6.07, 6.45) is 0.753. The highest BCUT2D eigenvalue weighted by Gasteiger charge is 2.47. The quantitative estimate of drug-likeness (QED) is 0.418. The number of nitrogens with zero attached hydrogens (tertiary/aromatic N) is 1. The molecule has 7 heteroatoms. The van der Waals surface area contributed by atoms with Gasteiger partial charge in [0.15, 0.2) is 0 Å². The Morgan fingerprint density at radius 2 is 1.81 bits per heavy atom. The maximum absolute atomic E-state index is 13.0. The van der Waals surface area contributed by atoms with Crippen molar-refractivity contribution >= 4 is 17.4 Å². The van der Waals surface area contributed by atoms with Crippen LogP contribution in [-0.4, -0.2) is 61.1 Å². The van der Waals surface area contributed by atoms with Crippen LogP contribution in [0.25, 0.3) is 5.76 Å². The molecule has 0 saturated carbocycles. The first kappa shape index (κ1) is 21.3. The van der Waals surface area contributed by atoms with Crippen LogP contribution >= 0.6 is 0 Å². The second-order valence-electron chi connectivity index (χ2n) is 8.27. The van der Waals surface area contributed by atoms with Crippen molar-refractivity contribution in [3.05, 3.63) is 64.6 Å². The molecular formula is C24H29N2O5+. The highest BCUT2D eigenvalue weighted by atomic mass is 16.5. The number of quaternary nitrogens is 1. The van der Waals surface area contributed by atoms with Gasteiger partial charge in [-0.05, 0) is 26.0 Å². The number of likely N-dealkylation sites (tertiary alicyclic amines) is 1. The Hall–Kier alpha value is -2.90. The Morgan fingerprint density at radius 3 is 2.45 bits per heavy atom. The zero-order valence-electron chi connectivity index (χ0n) is 18.0. The smallest absolute Gasteiger partial charge is 0.295 e. The third-order valence-corrected chi connectivity index (χ3v) is 6.02. The molecule has 0 aliphatic carbocycles. The molecule has 1 unspecified atom stereocenters. The van der Waals surface area contributed by atoms with Gasteiger partial charge in [0.05, 0.1) is 25.3 Å². The van der Waals surface area contributed by atoms with E-state index >= 15 is 0 Å². The largest absolute Gasteiger partial charge is 0.507 e. The molecule has 1 atom stereocenters. The normalized spacial score (nSPS) is 21.7. The number of furan rings is 1. The number of aryl methyl sites for hydroxylation is 2. The molecule has 164 valence electrons. The summed E-state index contributed by atoms with van der Waals surface area (Å²) in [5.41, 5.74) is 1.64. The van der Waals surface area contributed by atoms with Crippen LogP contribution < -0.4 is 4.90 Å². The standard InChI is InChI=1S/C24H28N2O5/c1-16-4-7-18(8-5-16)22(27)20-21(19-9-6-17(2)31-19)26(24(29)23(20)28)11-3-10-25-12-14-30-15-13-25/h4-9,21,27H,3,10-15H2,1-2H3/p+1. The molecule has 2 fully saturated rings. The number of amides is 1. The number of hydrogen-bond acceptors (Lipinski definition) is 5. The van der Waals surface area contributed by atoms with Gasteiger partial charge in [0.2, 0.25) is 0 Å². The summed E-state index contributed by atoms with van der Waals surface area (Å²) in [6, 6.07) is 10.1. The fourth-order valence-electron chi connectivity index (χ4n) is 4.28. The van der Waals surface area contributed by atoms with Gasteiger partial charge in [0, 0.05) is 18.5 Å². The van der Waals surface area contributed by atoms with Crippen molar-refractivity contribution in [1.29, 1.82) is 0 Å². The van der Waals surface area contributed by atoms with Crippen molar-refractivity contribution in [1.82, 2.24) is 4.90 Å². The molecule has 2 aliphatic rings. The fraction of sp³-hybridized carbons (Fsp3) is 0.417. The lowest BCUT2D eigenvalue weighted by Crippen LogP contribution is -3.14. The Labute approximate surface area is 181 Å². The third kappa shape index (κ3) is 4.43. The van der Waals surface area contributed by atoms with E-state index < -0.39 is 17.7 Å². The van der Waals surface area contributed by atoms with E-state index in [4.69, 9.17) is 9.15 Å². The van der Waals surface area contributed by atoms with Crippen LogP contribution in [0.15, 0.2) is 46.4 Å². The SMILES string of the molecule is Cc1ccc(C(O)=C2C(=O)C(=O)N(CCC[NH+]3CCOCC3)C2c2ccc(C)o2)cc1. The number of aliphatic hydroxyl groups excluding tert-OH is 1. The molecule has 7 nitrogen and oxygen atoms in total. The lowest BCUT2D eigenvalue weighted by Gasteiger charge is -2.26. The molecule has 2 saturated heterocycles. The van der Waals surface area contributed by atoms with Gasteiger partial charge >= 0.3 is 0 Å². The summed E-state index contributed by atoms with van der Waals surface area (Å²) in [7, 11) is 0. The minimum absolute atomic E-state index is 0.0851. The van der Waals surface area contributed by atoms with Gasteiger partial charge in [-0.2, -0.15) is 0 Å². The van der Waals surface area contributed by atoms with Crippen LogP contribution in [0.2, 0.25) is 0 Å². The number of aliphatic hydroxyl groups is 1. The molecule has 2 aliphatic heterocycles. The topological polar surface area (TPSA) is 84.4 Å². The molecule has 1 aromatic heterocycles. The van der Waals surface area contributed by atoms with Crippen molar-refractivity contribution in [3.8, 4) is 0 Å². The second-order valence-corrected chi connectivity index (χ2v) is 8.27. The Morgan fingerprint density at radius 1 is 1.10 bits per heavy atom. The number of ether oxygens (including phenoxy) is 1. The van der Waals surface area contributed by atoms with E-state index in [1.54, 1.807) is 29.2 Å². The molecule has 31 heavy (non-hydrogen) atoms. The van der Waals surface area contributed by atoms with Crippen LogP contribution in [0.5, 0.6) is 0 Å². The average Bonchev–Trinajstić information content (AvgIpc) is 3.30. The van der Waals surface area contributed by atoms with Gasteiger partial charge in [-0.3, -0.25) is 9.59 Å². The molecule has 2 N–H and O–H groups in total. The van der Waals surface area contributed by atoms with E-state index in [0.717, 1.165) is 44.8 Å². The monoisotopic (exact) mass is 425 g/mol. The number of ketones is 1. The predicted molar refractivity (Wildman–Crippen MR) is 115 cm³/mol. The van der Waals surface area contributed by atoms with Crippen LogP contribution in [0, 0.1) is 13.8 Å². The molecule has 1 aromatic carbocycles. The molecule has 4 rings (SSSR count). The zero-order valence-corrected chi connectivity index (χ0v) is 18.0. The van der Waals surface area contributed by atoms with Crippen molar-refractivity contribution in [3.63, 3.8) is 0 Å². The van der Waals surface area contributed by atoms with Crippen LogP contribution in [-0.2, 0) is 14.3 Å². The van der Waals surface area contributed by atoms with E-state index in [2.05, 4.69) is 0 Å². The first-order chi connectivity index (χ1) is 15.0. The third-order valence-electron chi connectivity index (χ3n) is 6.02. The first-order valence-corrected chi connectivity index (χ1v) is 10.8. The summed E-state index contributed by atoms with van der Waals surface area (Å²) in [5, 5.41) is 11.0. The lowest BCUT2D eigenvalue weighted by molar-refractivity contribution is -0.908. The Kier molecular flexibility index (Phi) is 6.25. The summed E-state index contributed by atoms with van der Waals surface area (Å²) in [5.74, 6) is -0.253. The summed E-state index contributed by atoms with van der Waals surface area (Å²) < 4.78 is 11.2. The van der Waals surface area contributed by atoms with Crippen molar-refractivity contribution in [2.45, 2.75) is 26.3 Å². The molecule has 0 bridgehead atoms. The van der Waals surface area contributed by atoms with E-state index in [-0.39, 0.29) is 11.3 Å². The molecule has 1 amide bonds. The number of morpholine rings is 1. The second kappa shape index (κ2) is 9.08. The van der Waals surface area contributed by atoms with E-state index in [9.17, 15) is 14.7 Å². The first-order valence-electron chi connectivity index (χ1n) is 10.8. The number of benzene rings is 1. The van der Waals surface area contributed by atoms with Crippen LogP contribution in [0.4, 0.5) is 0 Å². The van der Waals surface area contributed by atoms with Crippen molar-refractivity contribution in [2.75, 3.05) is 39.4 Å². The predicted octanol–water partition coefficient (Wildman–Crippen LogP) is 1.62. The van der Waals surface area contributed by atoms with Gasteiger partial charge < -0.3 is 24.1 Å².